The van der Waals surface area contributed by atoms with E-state index in [4.69, 9.17) is 14.2 Å². The smallest absolute Gasteiger partial charge is 0.333 e. The molecule has 0 aliphatic carbocycles. The van der Waals surface area contributed by atoms with Gasteiger partial charge in [0, 0.05) is 12.2 Å². The van der Waals surface area contributed by atoms with Crippen LogP contribution in [0.5, 0.6) is 0 Å². The molecule has 5 nitrogen and oxygen atoms in total. The average molecular weight is 290 g/mol. The second-order valence-corrected chi connectivity index (χ2v) is 6.96. The Bertz CT molecular complexity index is 268. The van der Waals surface area contributed by atoms with Crippen molar-refractivity contribution >= 4 is 15.0 Å². The van der Waals surface area contributed by atoms with Crippen LogP contribution >= 0.6 is 0 Å². The lowest BCUT2D eigenvalue weighted by molar-refractivity contribution is -0.140. The Labute approximate surface area is 117 Å². The fourth-order valence-electron chi connectivity index (χ4n) is 1.47. The molecular weight excluding hydrogens is 264 g/mol. The summed E-state index contributed by atoms with van der Waals surface area (Å²) in [5, 5.41) is 0. The van der Waals surface area contributed by atoms with Crippen molar-refractivity contribution in [1.29, 1.82) is 0 Å². The molecule has 0 amide bonds. The Hall–Kier alpha value is -0.693. The highest BCUT2D eigenvalue weighted by atomic mass is 28.3. The van der Waals surface area contributed by atoms with Gasteiger partial charge in [-0.2, -0.15) is 0 Å². The molecule has 0 spiro atoms. The molecule has 1 N–H and O–H groups in total. The minimum absolute atomic E-state index is 0.232. The van der Waals surface area contributed by atoms with Crippen LogP contribution in [0.25, 0.3) is 0 Å². The summed E-state index contributed by atoms with van der Waals surface area (Å²) in [4.78, 5) is 20.3. The fraction of sp³-hybridized carbons (Fsp3) is 0.769. The normalized spacial score (nSPS) is 13.9. The van der Waals surface area contributed by atoms with Crippen LogP contribution in [0.15, 0.2) is 12.2 Å². The molecule has 0 aromatic heterocycles. The Morgan fingerprint density at radius 1 is 1.26 bits per heavy atom. The number of carbonyl (C=O) groups is 1. The summed E-state index contributed by atoms with van der Waals surface area (Å²) in [6.07, 6.45) is 0. The van der Waals surface area contributed by atoms with E-state index in [-0.39, 0.29) is 6.61 Å². The molecule has 0 bridgehead atoms. The molecule has 0 aromatic carbocycles. The van der Waals surface area contributed by atoms with Crippen LogP contribution in [0, 0.1) is 5.92 Å². The molecular formula is C13H26O5Si. The maximum absolute atomic E-state index is 11.0. The van der Waals surface area contributed by atoms with Crippen molar-refractivity contribution in [2.75, 3.05) is 33.0 Å². The lowest BCUT2D eigenvalue weighted by Crippen LogP contribution is -2.17. The third kappa shape index (κ3) is 12.1. The van der Waals surface area contributed by atoms with Crippen LogP contribution in [-0.4, -0.2) is 52.8 Å². The van der Waals surface area contributed by atoms with Crippen molar-refractivity contribution in [3.63, 3.8) is 0 Å². The van der Waals surface area contributed by atoms with E-state index < -0.39 is 15.0 Å². The molecule has 0 aromatic rings. The Balaban J connectivity index is 3.28. The van der Waals surface area contributed by atoms with Crippen molar-refractivity contribution in [3.05, 3.63) is 12.2 Å². The minimum atomic E-state index is -1.49. The molecule has 0 saturated carbocycles. The van der Waals surface area contributed by atoms with Gasteiger partial charge in [-0.3, -0.25) is 0 Å². The van der Waals surface area contributed by atoms with E-state index in [1.807, 2.05) is 6.55 Å². The predicted molar refractivity (Wildman–Crippen MR) is 76.6 cm³/mol. The highest BCUT2D eigenvalue weighted by Gasteiger charge is 2.07. The van der Waals surface area contributed by atoms with Gasteiger partial charge >= 0.3 is 5.97 Å². The van der Waals surface area contributed by atoms with Crippen LogP contribution in [-0.2, 0) is 19.0 Å². The van der Waals surface area contributed by atoms with Crippen LogP contribution in [0.2, 0.25) is 12.6 Å². The molecule has 0 aliphatic heterocycles. The summed E-state index contributed by atoms with van der Waals surface area (Å²) in [5.41, 5.74) is 0.388. The number of esters is 1. The first-order chi connectivity index (χ1) is 8.93. The van der Waals surface area contributed by atoms with Crippen molar-refractivity contribution in [3.8, 4) is 0 Å². The third-order valence-corrected chi connectivity index (χ3v) is 3.81. The Morgan fingerprint density at radius 3 is 2.42 bits per heavy atom. The predicted octanol–water partition coefficient (Wildman–Crippen LogP) is 1.12. The third-order valence-electron chi connectivity index (χ3n) is 2.33. The maximum atomic E-state index is 11.0. The molecule has 112 valence electrons. The van der Waals surface area contributed by atoms with Crippen LogP contribution in [0.4, 0.5) is 0 Å². The zero-order valence-electron chi connectivity index (χ0n) is 12.2. The number of ether oxygens (including phenoxy) is 3. The van der Waals surface area contributed by atoms with Gasteiger partial charge in [-0.25, -0.2) is 4.79 Å². The van der Waals surface area contributed by atoms with Gasteiger partial charge in [0.15, 0.2) is 9.04 Å². The first-order valence-electron chi connectivity index (χ1n) is 6.59. The van der Waals surface area contributed by atoms with Gasteiger partial charge in [-0.05, 0) is 25.4 Å². The molecule has 6 heteroatoms. The molecule has 19 heavy (non-hydrogen) atoms. The summed E-state index contributed by atoms with van der Waals surface area (Å²) in [5.74, 6) is -0.000784. The van der Waals surface area contributed by atoms with E-state index in [2.05, 4.69) is 13.5 Å². The maximum Gasteiger partial charge on any atom is 0.333 e. The topological polar surface area (TPSA) is 65.0 Å². The first kappa shape index (κ1) is 18.3. The van der Waals surface area contributed by atoms with Crippen LogP contribution < -0.4 is 0 Å². The molecule has 0 heterocycles. The van der Waals surface area contributed by atoms with Gasteiger partial charge in [-0.1, -0.05) is 13.5 Å². The van der Waals surface area contributed by atoms with Gasteiger partial charge in [0.2, 0.25) is 0 Å². The van der Waals surface area contributed by atoms with Crippen molar-refractivity contribution in [2.45, 2.75) is 26.4 Å². The van der Waals surface area contributed by atoms with E-state index >= 15 is 0 Å². The molecule has 0 rings (SSSR count). The highest BCUT2D eigenvalue weighted by Crippen LogP contribution is 2.05. The zero-order chi connectivity index (χ0) is 14.7. The minimum Gasteiger partial charge on any atom is -0.460 e. The van der Waals surface area contributed by atoms with E-state index in [9.17, 15) is 9.59 Å². The molecule has 2 atom stereocenters. The second kappa shape index (κ2) is 11.2. The van der Waals surface area contributed by atoms with E-state index in [1.165, 1.54) is 0 Å². The largest absolute Gasteiger partial charge is 0.460 e. The first-order valence-corrected chi connectivity index (χ1v) is 9.08. The quantitative estimate of drug-likeness (QED) is 0.267. The second-order valence-electron chi connectivity index (χ2n) is 4.79. The lowest BCUT2D eigenvalue weighted by Gasteiger charge is -2.12. The highest BCUT2D eigenvalue weighted by molar-refractivity contribution is 6.48. The van der Waals surface area contributed by atoms with Crippen LogP contribution in [0.3, 0.4) is 0 Å². The van der Waals surface area contributed by atoms with Gasteiger partial charge < -0.3 is 19.0 Å². The standard InChI is InChI=1S/C13H26O5Si/c1-11(2)13(14)18-8-7-16-5-6-17-9-12(3)10-19(4)15/h12,15,19H,1,5-10H2,2-4H3. The summed E-state index contributed by atoms with van der Waals surface area (Å²) in [6, 6.07) is 0.873. The monoisotopic (exact) mass is 290 g/mol. The summed E-state index contributed by atoms with van der Waals surface area (Å²) >= 11 is 0. The number of carbonyl (C=O) groups excluding carboxylic acids is 1. The van der Waals surface area contributed by atoms with Crippen molar-refractivity contribution < 1.29 is 23.8 Å². The van der Waals surface area contributed by atoms with Crippen LogP contribution in [0.1, 0.15) is 13.8 Å². The van der Waals surface area contributed by atoms with Gasteiger partial charge in [0.05, 0.1) is 19.8 Å². The summed E-state index contributed by atoms with van der Waals surface area (Å²) in [6.45, 7) is 11.3. The molecule has 2 unspecified atom stereocenters. The van der Waals surface area contributed by atoms with Gasteiger partial charge in [-0.15, -0.1) is 0 Å². The summed E-state index contributed by atoms with van der Waals surface area (Å²) in [7, 11) is -1.49. The number of hydrogen-bond acceptors (Lipinski definition) is 5. The molecule has 0 radical (unpaired) electrons. The zero-order valence-corrected chi connectivity index (χ0v) is 13.3. The number of hydrogen-bond donors (Lipinski definition) is 1. The summed E-state index contributed by atoms with van der Waals surface area (Å²) < 4.78 is 15.5. The van der Waals surface area contributed by atoms with Gasteiger partial charge in [0.1, 0.15) is 6.61 Å². The SMILES string of the molecule is C=C(C)C(=O)OCCOCCOCC(C)C[SiH](C)O. The van der Waals surface area contributed by atoms with Crippen molar-refractivity contribution in [1.82, 2.24) is 0 Å². The number of rotatable bonds is 11. The molecule has 0 aliphatic rings. The van der Waals surface area contributed by atoms with E-state index in [0.29, 0.717) is 37.9 Å². The lowest BCUT2D eigenvalue weighted by atomic mass is 10.2. The van der Waals surface area contributed by atoms with Crippen molar-refractivity contribution in [2.24, 2.45) is 5.92 Å². The average Bonchev–Trinajstić information content (AvgIpc) is 2.31. The van der Waals surface area contributed by atoms with Gasteiger partial charge in [0.25, 0.3) is 0 Å². The Kier molecular flexibility index (Phi) is 10.8. The fourth-order valence-corrected chi connectivity index (χ4v) is 2.77. The van der Waals surface area contributed by atoms with E-state index in [0.717, 1.165) is 6.04 Å². The molecule has 0 saturated heterocycles. The molecule has 0 fully saturated rings. The van der Waals surface area contributed by atoms with E-state index in [1.54, 1.807) is 6.92 Å². The Morgan fingerprint density at radius 2 is 1.84 bits per heavy atom.